The van der Waals surface area contributed by atoms with Gasteiger partial charge in [0, 0.05) is 5.92 Å². The minimum absolute atomic E-state index is 0.168. The van der Waals surface area contributed by atoms with E-state index in [1.807, 2.05) is 6.92 Å². The van der Waals surface area contributed by atoms with Gasteiger partial charge in [0.05, 0.1) is 29.8 Å². The second kappa shape index (κ2) is 13.6. The van der Waals surface area contributed by atoms with Crippen LogP contribution in [0.25, 0.3) is 0 Å². The van der Waals surface area contributed by atoms with Crippen molar-refractivity contribution in [2.45, 2.75) is 70.6 Å². The lowest BCUT2D eigenvalue weighted by molar-refractivity contribution is -0.274. The molecule has 0 aliphatic carbocycles. The summed E-state index contributed by atoms with van der Waals surface area (Å²) < 4.78 is 92.6. The van der Waals surface area contributed by atoms with Gasteiger partial charge < -0.3 is 19.5 Å². The van der Waals surface area contributed by atoms with Crippen LogP contribution in [0.5, 0.6) is 11.5 Å². The zero-order chi connectivity index (χ0) is 32.9. The van der Waals surface area contributed by atoms with Crippen molar-refractivity contribution in [1.29, 1.82) is 0 Å². The maximum Gasteiger partial charge on any atom is 0.573 e. The summed E-state index contributed by atoms with van der Waals surface area (Å²) in [5, 5.41) is 2.85. The molecule has 0 fully saturated rings. The summed E-state index contributed by atoms with van der Waals surface area (Å²) in [4.78, 5) is 26.1. The molecule has 0 aromatic heterocycles. The zero-order valence-corrected chi connectivity index (χ0v) is 24.7. The molecule has 3 aromatic carbocycles. The number of methoxy groups -OCH3 is 1. The van der Waals surface area contributed by atoms with E-state index >= 15 is 0 Å². The summed E-state index contributed by atoms with van der Waals surface area (Å²) in [5.41, 5.74) is -0.484. The third-order valence-corrected chi connectivity index (χ3v) is 6.51. The van der Waals surface area contributed by atoms with Crippen molar-refractivity contribution in [2.75, 3.05) is 7.11 Å². The Bertz CT molecular complexity index is 1430. The van der Waals surface area contributed by atoms with E-state index in [9.17, 15) is 35.9 Å². The van der Waals surface area contributed by atoms with Gasteiger partial charge in [-0.2, -0.15) is 13.2 Å². The van der Waals surface area contributed by atoms with Crippen molar-refractivity contribution >= 4 is 11.9 Å². The van der Waals surface area contributed by atoms with Gasteiger partial charge in [-0.1, -0.05) is 37.6 Å². The number of alkyl halides is 6. The number of nitrogens with one attached hydrogen (secondary N) is 1. The minimum atomic E-state index is -4.91. The van der Waals surface area contributed by atoms with Gasteiger partial charge in [0.1, 0.15) is 17.1 Å². The van der Waals surface area contributed by atoms with Crippen LogP contribution in [0.1, 0.15) is 89.9 Å². The van der Waals surface area contributed by atoms with E-state index in [4.69, 9.17) is 9.47 Å². The zero-order valence-electron chi connectivity index (χ0n) is 24.7. The Labute approximate surface area is 251 Å². The van der Waals surface area contributed by atoms with Crippen LogP contribution in [0.3, 0.4) is 0 Å². The first-order valence-electron chi connectivity index (χ1n) is 13.7. The third kappa shape index (κ3) is 9.39. The van der Waals surface area contributed by atoms with Gasteiger partial charge in [-0.3, -0.25) is 4.79 Å². The summed E-state index contributed by atoms with van der Waals surface area (Å²) in [6.07, 6.45) is -8.46. The Morgan fingerprint density at radius 2 is 1.43 bits per heavy atom. The standard InChI is InChI=1S/C32H33F6NO5/c1-6-7-24(19-8-10-21(11-9-19)29(41)44-30(2,3)4)27(20-12-15-23(16-13-20)43-32(36,37)38)39-28(40)25-17-14-22(31(33,34)35)18-26(25)42-5/h8-18,24,27H,6-7H2,1-5H3,(H,39,40). The molecule has 0 saturated carbocycles. The lowest BCUT2D eigenvalue weighted by Gasteiger charge is -2.30. The van der Waals surface area contributed by atoms with E-state index in [0.29, 0.717) is 35.6 Å². The number of hydrogen-bond acceptors (Lipinski definition) is 5. The maximum absolute atomic E-state index is 13.5. The first-order chi connectivity index (χ1) is 20.4. The predicted molar refractivity (Wildman–Crippen MR) is 151 cm³/mol. The molecule has 0 heterocycles. The van der Waals surface area contributed by atoms with Gasteiger partial charge in [-0.15, -0.1) is 13.2 Å². The first kappa shape index (κ1) is 34.3. The van der Waals surface area contributed by atoms with Crippen molar-refractivity contribution in [3.05, 3.63) is 94.5 Å². The number of carbonyl (C=O) groups excluding carboxylic acids is 2. The third-order valence-electron chi connectivity index (χ3n) is 6.51. The number of rotatable bonds is 10. The Hall–Kier alpha value is -4.22. The molecule has 1 N–H and O–H groups in total. The monoisotopic (exact) mass is 625 g/mol. The SMILES string of the molecule is CCCC(c1ccc(C(=O)OC(C)(C)C)cc1)C(NC(=O)c1ccc(C(F)(F)F)cc1OC)c1ccc(OC(F)(F)F)cc1. The van der Waals surface area contributed by atoms with Crippen LogP contribution in [0.4, 0.5) is 26.3 Å². The summed E-state index contributed by atoms with van der Waals surface area (Å²) in [6, 6.07) is 13.1. The highest BCUT2D eigenvalue weighted by atomic mass is 19.4. The summed E-state index contributed by atoms with van der Waals surface area (Å²) in [6.45, 7) is 7.11. The van der Waals surface area contributed by atoms with Crippen LogP contribution >= 0.6 is 0 Å². The second-order valence-electron chi connectivity index (χ2n) is 11.0. The topological polar surface area (TPSA) is 73.9 Å². The van der Waals surface area contributed by atoms with Gasteiger partial charge >= 0.3 is 18.5 Å². The van der Waals surface area contributed by atoms with E-state index in [1.165, 1.54) is 12.1 Å². The molecule has 12 heteroatoms. The van der Waals surface area contributed by atoms with Crippen LogP contribution in [-0.2, 0) is 10.9 Å². The van der Waals surface area contributed by atoms with E-state index in [2.05, 4.69) is 10.1 Å². The highest BCUT2D eigenvalue weighted by Crippen LogP contribution is 2.38. The van der Waals surface area contributed by atoms with Gasteiger partial charge in [0.2, 0.25) is 0 Å². The van der Waals surface area contributed by atoms with Crippen molar-refractivity contribution in [3.8, 4) is 11.5 Å². The molecule has 238 valence electrons. The molecule has 3 aromatic rings. The van der Waals surface area contributed by atoms with Gasteiger partial charge in [-0.25, -0.2) is 4.79 Å². The van der Waals surface area contributed by atoms with Gasteiger partial charge in [0.25, 0.3) is 5.91 Å². The van der Waals surface area contributed by atoms with Crippen molar-refractivity contribution < 1.29 is 50.1 Å². The Kier molecular flexibility index (Phi) is 10.6. The first-order valence-corrected chi connectivity index (χ1v) is 13.7. The van der Waals surface area contributed by atoms with Crippen LogP contribution in [0, 0.1) is 0 Å². The quantitative estimate of drug-likeness (QED) is 0.180. The Morgan fingerprint density at radius 3 is 1.93 bits per heavy atom. The Balaban J connectivity index is 2.04. The van der Waals surface area contributed by atoms with E-state index < -0.39 is 53.3 Å². The molecule has 0 spiro atoms. The molecule has 3 rings (SSSR count). The molecular weight excluding hydrogens is 592 g/mol. The van der Waals surface area contributed by atoms with E-state index in [-0.39, 0.29) is 11.3 Å². The fourth-order valence-electron chi connectivity index (χ4n) is 4.61. The predicted octanol–water partition coefficient (Wildman–Crippen LogP) is 8.62. The summed E-state index contributed by atoms with van der Waals surface area (Å²) >= 11 is 0. The molecule has 0 saturated heterocycles. The molecule has 1 amide bonds. The van der Waals surface area contributed by atoms with Gasteiger partial charge in [-0.05, 0) is 80.8 Å². The maximum atomic E-state index is 13.5. The molecule has 2 unspecified atom stereocenters. The number of hydrogen-bond donors (Lipinski definition) is 1. The van der Waals surface area contributed by atoms with Crippen molar-refractivity contribution in [1.82, 2.24) is 5.32 Å². The van der Waals surface area contributed by atoms with Crippen LogP contribution in [-0.4, -0.2) is 30.9 Å². The van der Waals surface area contributed by atoms with E-state index in [1.54, 1.807) is 45.0 Å². The highest BCUT2D eigenvalue weighted by molar-refractivity contribution is 5.97. The Morgan fingerprint density at radius 1 is 0.841 bits per heavy atom. The van der Waals surface area contributed by atoms with Crippen LogP contribution in [0.15, 0.2) is 66.7 Å². The minimum Gasteiger partial charge on any atom is -0.496 e. The smallest absolute Gasteiger partial charge is 0.496 e. The highest BCUT2D eigenvalue weighted by Gasteiger charge is 2.34. The molecular formula is C32H33F6NO5. The number of halogens is 6. The molecule has 44 heavy (non-hydrogen) atoms. The molecule has 2 atom stereocenters. The fourth-order valence-corrected chi connectivity index (χ4v) is 4.61. The lowest BCUT2D eigenvalue weighted by Crippen LogP contribution is -2.33. The number of ether oxygens (including phenoxy) is 3. The number of benzene rings is 3. The van der Waals surface area contributed by atoms with E-state index in [0.717, 1.165) is 31.4 Å². The molecule has 0 aliphatic heterocycles. The number of carbonyl (C=O) groups is 2. The summed E-state index contributed by atoms with van der Waals surface area (Å²) in [7, 11) is 1.13. The summed E-state index contributed by atoms with van der Waals surface area (Å²) in [5.74, 6) is -2.53. The number of esters is 1. The van der Waals surface area contributed by atoms with Gasteiger partial charge in [0.15, 0.2) is 0 Å². The van der Waals surface area contributed by atoms with Crippen molar-refractivity contribution in [2.24, 2.45) is 0 Å². The second-order valence-corrected chi connectivity index (χ2v) is 11.0. The number of amides is 1. The molecule has 0 bridgehead atoms. The fraction of sp³-hybridized carbons (Fsp3) is 0.375. The average Bonchev–Trinajstić information content (AvgIpc) is 2.93. The lowest BCUT2D eigenvalue weighted by atomic mass is 9.83. The van der Waals surface area contributed by atoms with Crippen LogP contribution in [0.2, 0.25) is 0 Å². The molecule has 6 nitrogen and oxygen atoms in total. The molecule has 0 radical (unpaired) electrons. The van der Waals surface area contributed by atoms with Crippen molar-refractivity contribution in [3.63, 3.8) is 0 Å². The largest absolute Gasteiger partial charge is 0.573 e. The normalized spacial score (nSPS) is 13.5. The molecule has 0 aliphatic rings. The van der Waals surface area contributed by atoms with Crippen LogP contribution < -0.4 is 14.8 Å². The average molecular weight is 626 g/mol.